The summed E-state index contributed by atoms with van der Waals surface area (Å²) in [6.07, 6.45) is 3.05. The Bertz CT molecular complexity index is 427. The summed E-state index contributed by atoms with van der Waals surface area (Å²) in [6.45, 7) is 14.4. The number of rotatable bonds is 8. The van der Waals surface area contributed by atoms with Gasteiger partial charge in [-0.2, -0.15) is 0 Å². The lowest BCUT2D eigenvalue weighted by Crippen LogP contribution is -2.24. The highest BCUT2D eigenvalue weighted by molar-refractivity contribution is 5.36. The summed E-state index contributed by atoms with van der Waals surface area (Å²) in [5, 5.41) is 3.38. The summed E-state index contributed by atoms with van der Waals surface area (Å²) in [7, 11) is 0. The van der Waals surface area contributed by atoms with E-state index < -0.39 is 0 Å². The molecule has 1 heterocycles. The van der Waals surface area contributed by atoms with E-state index in [0.717, 1.165) is 43.1 Å². The largest absolute Gasteiger partial charge is 0.370 e. The fraction of sp³-hybridized carbons (Fsp3) is 0.765. The number of anilines is 1. The van der Waals surface area contributed by atoms with Crippen molar-refractivity contribution in [2.75, 3.05) is 18.5 Å². The molecule has 1 aromatic rings. The molecule has 0 saturated carbocycles. The maximum absolute atomic E-state index is 5.93. The van der Waals surface area contributed by atoms with Crippen LogP contribution in [0.4, 0.5) is 5.82 Å². The summed E-state index contributed by atoms with van der Waals surface area (Å²) >= 11 is 0. The topological polar surface area (TPSA) is 47.0 Å². The molecule has 1 aromatic heterocycles. The van der Waals surface area contributed by atoms with Gasteiger partial charge in [0.15, 0.2) is 5.82 Å². The highest BCUT2D eigenvalue weighted by Crippen LogP contribution is 2.34. The maximum atomic E-state index is 5.93. The third-order valence-corrected chi connectivity index (χ3v) is 3.21. The Balaban J connectivity index is 3.14. The normalized spacial score (nSPS) is 13.2. The lowest BCUT2D eigenvalue weighted by Gasteiger charge is -2.29. The SMILES string of the molecule is CCCNc1cc(CCC)nc(C(OCC)C(C)(C)C)n1. The third kappa shape index (κ3) is 5.62. The van der Waals surface area contributed by atoms with E-state index in [-0.39, 0.29) is 11.5 Å². The average molecular weight is 293 g/mol. The van der Waals surface area contributed by atoms with Crippen molar-refractivity contribution >= 4 is 5.82 Å². The fourth-order valence-corrected chi connectivity index (χ4v) is 2.24. The van der Waals surface area contributed by atoms with Gasteiger partial charge in [-0.05, 0) is 25.2 Å². The number of nitrogens with zero attached hydrogens (tertiary/aromatic N) is 2. The van der Waals surface area contributed by atoms with E-state index in [9.17, 15) is 0 Å². The van der Waals surface area contributed by atoms with Crippen molar-refractivity contribution in [2.24, 2.45) is 5.41 Å². The van der Waals surface area contributed by atoms with Crippen molar-refractivity contribution in [1.29, 1.82) is 0 Å². The van der Waals surface area contributed by atoms with Gasteiger partial charge in [-0.3, -0.25) is 0 Å². The summed E-state index contributed by atoms with van der Waals surface area (Å²) in [5.74, 6) is 1.72. The van der Waals surface area contributed by atoms with Gasteiger partial charge in [0.25, 0.3) is 0 Å². The van der Waals surface area contributed by atoms with Gasteiger partial charge in [0.05, 0.1) is 0 Å². The van der Waals surface area contributed by atoms with Gasteiger partial charge in [-0.25, -0.2) is 9.97 Å². The summed E-state index contributed by atoms with van der Waals surface area (Å²) < 4.78 is 5.93. The first kappa shape index (κ1) is 17.9. The number of hydrogen-bond acceptors (Lipinski definition) is 4. The second-order valence-corrected chi connectivity index (χ2v) is 6.48. The van der Waals surface area contributed by atoms with Crippen molar-refractivity contribution in [3.63, 3.8) is 0 Å². The van der Waals surface area contributed by atoms with Gasteiger partial charge in [0, 0.05) is 24.9 Å². The number of aryl methyl sites for hydroxylation is 1. The Labute approximate surface area is 129 Å². The molecule has 0 aromatic carbocycles. The molecule has 1 atom stereocenters. The van der Waals surface area contributed by atoms with Gasteiger partial charge in [0.2, 0.25) is 0 Å². The molecule has 0 amide bonds. The van der Waals surface area contributed by atoms with Gasteiger partial charge >= 0.3 is 0 Å². The minimum absolute atomic E-state index is 0.0249. The van der Waals surface area contributed by atoms with Crippen LogP contribution in [0.2, 0.25) is 0 Å². The van der Waals surface area contributed by atoms with Gasteiger partial charge < -0.3 is 10.1 Å². The minimum atomic E-state index is -0.0820. The van der Waals surface area contributed by atoms with E-state index in [1.54, 1.807) is 0 Å². The predicted molar refractivity (Wildman–Crippen MR) is 88.6 cm³/mol. The molecule has 0 saturated heterocycles. The van der Waals surface area contributed by atoms with E-state index in [2.05, 4.69) is 46.0 Å². The van der Waals surface area contributed by atoms with Gasteiger partial charge in [-0.15, -0.1) is 0 Å². The zero-order valence-corrected chi connectivity index (χ0v) is 14.5. The molecule has 0 aliphatic heterocycles. The van der Waals surface area contributed by atoms with Crippen LogP contribution < -0.4 is 5.32 Å². The minimum Gasteiger partial charge on any atom is -0.370 e. The molecule has 0 fully saturated rings. The Morgan fingerprint density at radius 1 is 1.14 bits per heavy atom. The lowest BCUT2D eigenvalue weighted by molar-refractivity contribution is -0.0191. The average Bonchev–Trinajstić information content (AvgIpc) is 2.41. The first-order chi connectivity index (χ1) is 9.92. The summed E-state index contributed by atoms with van der Waals surface area (Å²) in [5.41, 5.74) is 1.07. The molecule has 120 valence electrons. The molecule has 1 unspecified atom stereocenters. The van der Waals surface area contributed by atoms with E-state index in [1.807, 2.05) is 6.92 Å². The quantitative estimate of drug-likeness (QED) is 0.773. The van der Waals surface area contributed by atoms with Crippen LogP contribution in [-0.2, 0) is 11.2 Å². The fourth-order valence-electron chi connectivity index (χ4n) is 2.24. The zero-order chi connectivity index (χ0) is 15.9. The van der Waals surface area contributed by atoms with Crippen LogP contribution in [0.1, 0.15) is 72.0 Å². The van der Waals surface area contributed by atoms with Crippen molar-refractivity contribution in [3.8, 4) is 0 Å². The van der Waals surface area contributed by atoms with Crippen LogP contribution in [0.25, 0.3) is 0 Å². The predicted octanol–water partition coefficient (Wildman–Crippen LogP) is 4.37. The summed E-state index contributed by atoms with van der Waals surface area (Å²) in [4.78, 5) is 9.43. The monoisotopic (exact) mass is 293 g/mol. The second-order valence-electron chi connectivity index (χ2n) is 6.48. The van der Waals surface area contributed by atoms with E-state index >= 15 is 0 Å². The van der Waals surface area contributed by atoms with E-state index in [0.29, 0.717) is 6.61 Å². The number of nitrogens with one attached hydrogen (secondary N) is 1. The first-order valence-electron chi connectivity index (χ1n) is 8.15. The van der Waals surface area contributed by atoms with Crippen molar-refractivity contribution in [1.82, 2.24) is 9.97 Å². The molecular weight excluding hydrogens is 262 g/mol. The first-order valence-corrected chi connectivity index (χ1v) is 8.15. The Kier molecular flexibility index (Phi) is 7.09. The van der Waals surface area contributed by atoms with Crippen molar-refractivity contribution in [2.45, 2.75) is 66.9 Å². The molecule has 1 rings (SSSR count). The third-order valence-electron chi connectivity index (χ3n) is 3.21. The molecule has 0 bridgehead atoms. The van der Waals surface area contributed by atoms with Crippen LogP contribution in [0, 0.1) is 5.41 Å². The molecule has 1 N–H and O–H groups in total. The highest BCUT2D eigenvalue weighted by atomic mass is 16.5. The van der Waals surface area contributed by atoms with E-state index in [1.165, 1.54) is 0 Å². The van der Waals surface area contributed by atoms with Crippen molar-refractivity contribution in [3.05, 3.63) is 17.6 Å². The number of ether oxygens (including phenoxy) is 1. The zero-order valence-electron chi connectivity index (χ0n) is 14.5. The van der Waals surface area contributed by atoms with Crippen LogP contribution in [0.15, 0.2) is 6.07 Å². The number of hydrogen-bond donors (Lipinski definition) is 1. The Hall–Kier alpha value is -1.16. The smallest absolute Gasteiger partial charge is 0.160 e. The van der Waals surface area contributed by atoms with Gasteiger partial charge in [-0.1, -0.05) is 41.0 Å². The summed E-state index contributed by atoms with van der Waals surface area (Å²) in [6, 6.07) is 2.06. The van der Waals surface area contributed by atoms with Crippen LogP contribution in [0.3, 0.4) is 0 Å². The lowest BCUT2D eigenvalue weighted by atomic mass is 9.88. The molecular formula is C17H31N3O. The molecule has 0 aliphatic carbocycles. The van der Waals surface area contributed by atoms with Crippen LogP contribution >= 0.6 is 0 Å². The Morgan fingerprint density at radius 3 is 2.38 bits per heavy atom. The van der Waals surface area contributed by atoms with Gasteiger partial charge in [0.1, 0.15) is 11.9 Å². The molecule has 0 radical (unpaired) electrons. The standard InChI is InChI=1S/C17H31N3O/c1-7-10-13-12-14(18-11-8-2)20-16(19-13)15(21-9-3)17(4,5)6/h12,15H,7-11H2,1-6H3,(H,18,19,20). The second kappa shape index (κ2) is 8.32. The van der Waals surface area contributed by atoms with E-state index in [4.69, 9.17) is 14.7 Å². The molecule has 4 heteroatoms. The molecule has 4 nitrogen and oxygen atoms in total. The number of aromatic nitrogens is 2. The highest BCUT2D eigenvalue weighted by Gasteiger charge is 2.30. The van der Waals surface area contributed by atoms with Crippen LogP contribution in [0.5, 0.6) is 0 Å². The molecule has 21 heavy (non-hydrogen) atoms. The molecule has 0 spiro atoms. The molecule has 0 aliphatic rings. The Morgan fingerprint density at radius 2 is 1.86 bits per heavy atom. The van der Waals surface area contributed by atoms with Crippen molar-refractivity contribution < 1.29 is 4.74 Å². The van der Waals surface area contributed by atoms with Crippen LogP contribution in [-0.4, -0.2) is 23.1 Å². The maximum Gasteiger partial charge on any atom is 0.160 e.